The number of aryl methyl sites for hydroxylation is 1. The SMILES string of the molecule is Cc1cc(C(F)(F)F)ccc1C1(O)CCCNCC1. The van der Waals surface area contributed by atoms with E-state index >= 15 is 0 Å². The molecule has 0 aliphatic carbocycles. The molecular formula is C14H18F3NO. The van der Waals surface area contributed by atoms with Crippen LogP contribution in [0.3, 0.4) is 0 Å². The normalized spacial score (nSPS) is 25.1. The Hall–Kier alpha value is -1.07. The summed E-state index contributed by atoms with van der Waals surface area (Å²) >= 11 is 0. The van der Waals surface area contributed by atoms with E-state index in [0.717, 1.165) is 25.1 Å². The second-order valence-corrected chi connectivity index (χ2v) is 5.16. The van der Waals surface area contributed by atoms with Crippen molar-refractivity contribution in [3.05, 3.63) is 34.9 Å². The summed E-state index contributed by atoms with van der Waals surface area (Å²) in [5.74, 6) is 0. The van der Waals surface area contributed by atoms with Crippen LogP contribution in [0.15, 0.2) is 18.2 Å². The van der Waals surface area contributed by atoms with Crippen molar-refractivity contribution >= 4 is 0 Å². The predicted molar refractivity (Wildman–Crippen MR) is 66.8 cm³/mol. The van der Waals surface area contributed by atoms with Crippen molar-refractivity contribution in [2.24, 2.45) is 0 Å². The number of halogens is 3. The molecule has 19 heavy (non-hydrogen) atoms. The number of rotatable bonds is 1. The molecule has 1 unspecified atom stereocenters. The van der Waals surface area contributed by atoms with Crippen molar-refractivity contribution in [1.29, 1.82) is 0 Å². The minimum absolute atomic E-state index is 0.499. The smallest absolute Gasteiger partial charge is 0.385 e. The second-order valence-electron chi connectivity index (χ2n) is 5.16. The first kappa shape index (κ1) is 14.3. The van der Waals surface area contributed by atoms with Crippen LogP contribution in [0.25, 0.3) is 0 Å². The largest absolute Gasteiger partial charge is 0.416 e. The average molecular weight is 273 g/mol. The van der Waals surface area contributed by atoms with E-state index in [2.05, 4.69) is 5.32 Å². The Labute approximate surface area is 110 Å². The third kappa shape index (κ3) is 3.09. The lowest BCUT2D eigenvalue weighted by atomic mass is 9.83. The Morgan fingerprint density at radius 1 is 1.21 bits per heavy atom. The summed E-state index contributed by atoms with van der Waals surface area (Å²) in [6, 6.07) is 3.59. The molecule has 5 heteroatoms. The van der Waals surface area contributed by atoms with Crippen LogP contribution < -0.4 is 5.32 Å². The van der Waals surface area contributed by atoms with Gasteiger partial charge in [0.15, 0.2) is 0 Å². The molecule has 1 aromatic rings. The number of aliphatic hydroxyl groups is 1. The minimum Gasteiger partial charge on any atom is -0.385 e. The van der Waals surface area contributed by atoms with Gasteiger partial charge in [0.2, 0.25) is 0 Å². The fourth-order valence-corrected chi connectivity index (χ4v) is 2.68. The summed E-state index contributed by atoms with van der Waals surface area (Å²) in [6.07, 6.45) is -2.42. The molecule has 2 rings (SSSR count). The van der Waals surface area contributed by atoms with Gasteiger partial charge < -0.3 is 10.4 Å². The van der Waals surface area contributed by atoms with Crippen LogP contribution >= 0.6 is 0 Å². The van der Waals surface area contributed by atoms with E-state index in [-0.39, 0.29) is 0 Å². The van der Waals surface area contributed by atoms with Crippen LogP contribution in [0.5, 0.6) is 0 Å². The highest BCUT2D eigenvalue weighted by atomic mass is 19.4. The van der Waals surface area contributed by atoms with Gasteiger partial charge in [-0.2, -0.15) is 13.2 Å². The van der Waals surface area contributed by atoms with Gasteiger partial charge in [0.1, 0.15) is 0 Å². The highest BCUT2D eigenvalue weighted by Gasteiger charge is 2.34. The van der Waals surface area contributed by atoms with Gasteiger partial charge in [-0.25, -0.2) is 0 Å². The molecule has 1 aromatic carbocycles. The van der Waals surface area contributed by atoms with Gasteiger partial charge in [0.05, 0.1) is 11.2 Å². The van der Waals surface area contributed by atoms with Gasteiger partial charge in [-0.05, 0) is 62.5 Å². The van der Waals surface area contributed by atoms with Crippen LogP contribution in [0.1, 0.15) is 36.0 Å². The predicted octanol–water partition coefficient (Wildman–Crippen LogP) is 2.97. The Morgan fingerprint density at radius 2 is 1.95 bits per heavy atom. The van der Waals surface area contributed by atoms with Crippen molar-refractivity contribution < 1.29 is 18.3 Å². The van der Waals surface area contributed by atoms with E-state index in [0.29, 0.717) is 30.5 Å². The van der Waals surface area contributed by atoms with Gasteiger partial charge in [-0.15, -0.1) is 0 Å². The highest BCUT2D eigenvalue weighted by molar-refractivity contribution is 5.36. The summed E-state index contributed by atoms with van der Waals surface area (Å²) in [4.78, 5) is 0. The maximum absolute atomic E-state index is 12.6. The lowest BCUT2D eigenvalue weighted by Crippen LogP contribution is -2.28. The van der Waals surface area contributed by atoms with Crippen LogP contribution in [-0.4, -0.2) is 18.2 Å². The van der Waals surface area contributed by atoms with Crippen molar-refractivity contribution in [3.8, 4) is 0 Å². The molecule has 1 heterocycles. The summed E-state index contributed by atoms with van der Waals surface area (Å²) in [5, 5.41) is 13.9. The molecule has 0 amide bonds. The maximum atomic E-state index is 12.6. The van der Waals surface area contributed by atoms with E-state index in [9.17, 15) is 18.3 Å². The van der Waals surface area contributed by atoms with Crippen molar-refractivity contribution in [2.75, 3.05) is 13.1 Å². The van der Waals surface area contributed by atoms with Gasteiger partial charge >= 0.3 is 6.18 Å². The Balaban J connectivity index is 2.34. The van der Waals surface area contributed by atoms with E-state index in [1.54, 1.807) is 6.92 Å². The Bertz CT molecular complexity index is 448. The molecule has 1 aliphatic heterocycles. The molecule has 0 saturated carbocycles. The average Bonchev–Trinajstić information content (AvgIpc) is 2.53. The van der Waals surface area contributed by atoms with Crippen molar-refractivity contribution in [3.63, 3.8) is 0 Å². The van der Waals surface area contributed by atoms with Crippen molar-refractivity contribution in [1.82, 2.24) is 5.32 Å². The molecule has 2 nitrogen and oxygen atoms in total. The minimum atomic E-state index is -4.34. The second kappa shape index (κ2) is 5.13. The number of nitrogens with one attached hydrogen (secondary N) is 1. The maximum Gasteiger partial charge on any atom is 0.416 e. The molecule has 0 spiro atoms. The van der Waals surface area contributed by atoms with Gasteiger partial charge in [-0.1, -0.05) is 6.07 Å². The van der Waals surface area contributed by atoms with Gasteiger partial charge in [0.25, 0.3) is 0 Å². The monoisotopic (exact) mass is 273 g/mol. The summed E-state index contributed by atoms with van der Waals surface area (Å²) in [5.41, 5.74) is -0.565. The van der Waals surface area contributed by atoms with Gasteiger partial charge in [0, 0.05) is 0 Å². The van der Waals surface area contributed by atoms with Crippen LogP contribution in [0, 0.1) is 6.92 Å². The number of alkyl halides is 3. The zero-order valence-corrected chi connectivity index (χ0v) is 10.8. The molecule has 1 atom stereocenters. The zero-order valence-electron chi connectivity index (χ0n) is 10.8. The van der Waals surface area contributed by atoms with Crippen LogP contribution in [-0.2, 0) is 11.8 Å². The molecule has 1 fully saturated rings. The Kier molecular flexibility index (Phi) is 3.87. The van der Waals surface area contributed by atoms with E-state index in [4.69, 9.17) is 0 Å². The molecule has 0 radical (unpaired) electrons. The lowest BCUT2D eigenvalue weighted by molar-refractivity contribution is -0.137. The topological polar surface area (TPSA) is 32.3 Å². The van der Waals surface area contributed by atoms with Crippen molar-refractivity contribution in [2.45, 2.75) is 38.0 Å². The van der Waals surface area contributed by atoms with E-state index in [1.807, 2.05) is 0 Å². The number of hydrogen-bond acceptors (Lipinski definition) is 2. The summed E-state index contributed by atoms with van der Waals surface area (Å²) < 4.78 is 37.9. The summed E-state index contributed by atoms with van der Waals surface area (Å²) in [6.45, 7) is 3.14. The molecule has 1 saturated heterocycles. The molecule has 2 N–H and O–H groups in total. The fraction of sp³-hybridized carbons (Fsp3) is 0.571. The Morgan fingerprint density at radius 3 is 2.58 bits per heavy atom. The molecule has 0 aromatic heterocycles. The first-order valence-electron chi connectivity index (χ1n) is 6.44. The third-order valence-electron chi connectivity index (χ3n) is 3.71. The van der Waals surface area contributed by atoms with Crippen LogP contribution in [0.2, 0.25) is 0 Å². The fourth-order valence-electron chi connectivity index (χ4n) is 2.68. The van der Waals surface area contributed by atoms with Crippen LogP contribution in [0.4, 0.5) is 13.2 Å². The standard InChI is InChI=1S/C14H18F3NO/c1-10-9-11(14(15,16)17)3-4-12(10)13(19)5-2-7-18-8-6-13/h3-4,9,18-19H,2,5-8H2,1H3. The van der Waals surface area contributed by atoms with Gasteiger partial charge in [-0.3, -0.25) is 0 Å². The highest BCUT2D eigenvalue weighted by Crippen LogP contribution is 2.36. The molecule has 0 bridgehead atoms. The number of hydrogen-bond donors (Lipinski definition) is 2. The lowest BCUT2D eigenvalue weighted by Gasteiger charge is -2.29. The first-order valence-corrected chi connectivity index (χ1v) is 6.44. The third-order valence-corrected chi connectivity index (χ3v) is 3.71. The summed E-state index contributed by atoms with van der Waals surface area (Å²) in [7, 11) is 0. The first-order chi connectivity index (χ1) is 8.83. The molecular weight excluding hydrogens is 255 g/mol. The number of benzene rings is 1. The molecule has 106 valence electrons. The quantitative estimate of drug-likeness (QED) is 0.824. The van der Waals surface area contributed by atoms with E-state index in [1.165, 1.54) is 6.07 Å². The van der Waals surface area contributed by atoms with E-state index < -0.39 is 17.3 Å². The molecule has 1 aliphatic rings. The zero-order chi connectivity index (χ0) is 14.1.